The molecule has 3 nitrogen and oxygen atoms in total. The van der Waals surface area contributed by atoms with E-state index in [1.54, 1.807) is 0 Å². The molecule has 0 radical (unpaired) electrons. The normalized spacial score (nSPS) is 18.9. The van der Waals surface area contributed by atoms with E-state index in [2.05, 4.69) is 30.0 Å². The lowest BCUT2D eigenvalue weighted by Gasteiger charge is -2.31. The number of hydrogen-bond acceptors (Lipinski definition) is 3. The van der Waals surface area contributed by atoms with Gasteiger partial charge in [-0.15, -0.1) is 0 Å². The van der Waals surface area contributed by atoms with Crippen LogP contribution in [-0.4, -0.2) is 50.1 Å². The molecule has 0 bridgehead atoms. The van der Waals surface area contributed by atoms with E-state index in [-0.39, 0.29) is 0 Å². The van der Waals surface area contributed by atoms with Gasteiger partial charge in [-0.2, -0.15) is 5.26 Å². The van der Waals surface area contributed by atoms with Crippen molar-refractivity contribution in [2.75, 3.05) is 40.3 Å². The monoisotopic (exact) mass is 223 g/mol. The first-order valence-electron chi connectivity index (χ1n) is 6.46. The molecule has 0 amide bonds. The number of nitriles is 1. The smallest absolute Gasteiger partial charge is 0.0621 e. The Labute approximate surface area is 100 Å². The average Bonchev–Trinajstić information content (AvgIpc) is 2.28. The third-order valence-electron chi connectivity index (χ3n) is 3.49. The number of hydrogen-bond donors (Lipinski definition) is 0. The van der Waals surface area contributed by atoms with Gasteiger partial charge in [-0.05, 0) is 65.3 Å². The molecule has 1 saturated heterocycles. The van der Waals surface area contributed by atoms with Crippen LogP contribution in [0.15, 0.2) is 0 Å². The minimum atomic E-state index is 0.710. The third kappa shape index (κ3) is 5.48. The summed E-state index contributed by atoms with van der Waals surface area (Å²) in [6.45, 7) is 4.90. The Morgan fingerprint density at radius 2 is 2.00 bits per heavy atom. The van der Waals surface area contributed by atoms with Crippen LogP contribution in [0.2, 0.25) is 0 Å². The summed E-state index contributed by atoms with van der Waals surface area (Å²) in [6, 6.07) is 2.20. The van der Waals surface area contributed by atoms with Crippen molar-refractivity contribution in [3.63, 3.8) is 0 Å². The van der Waals surface area contributed by atoms with Crippen molar-refractivity contribution in [3.05, 3.63) is 0 Å². The van der Waals surface area contributed by atoms with E-state index >= 15 is 0 Å². The Hall–Kier alpha value is -0.590. The summed E-state index contributed by atoms with van der Waals surface area (Å²) in [4.78, 5) is 4.86. The van der Waals surface area contributed by atoms with Crippen LogP contribution in [0.1, 0.15) is 32.1 Å². The molecule has 0 aliphatic carbocycles. The molecular weight excluding hydrogens is 198 g/mol. The lowest BCUT2D eigenvalue weighted by molar-refractivity contribution is 0.175. The lowest BCUT2D eigenvalue weighted by atomic mass is 9.96. The van der Waals surface area contributed by atoms with Gasteiger partial charge in [-0.1, -0.05) is 0 Å². The molecule has 1 fully saturated rings. The second kappa shape index (κ2) is 7.65. The molecule has 0 saturated carbocycles. The van der Waals surface area contributed by atoms with E-state index in [9.17, 15) is 0 Å². The molecular formula is C13H25N3. The van der Waals surface area contributed by atoms with Gasteiger partial charge >= 0.3 is 0 Å². The van der Waals surface area contributed by atoms with Gasteiger partial charge in [0.2, 0.25) is 0 Å². The maximum absolute atomic E-state index is 8.45. The topological polar surface area (TPSA) is 30.3 Å². The molecule has 1 rings (SSSR count). The number of unbranched alkanes of at least 4 members (excludes halogenated alkanes) is 2. The van der Waals surface area contributed by atoms with Gasteiger partial charge in [0.05, 0.1) is 6.07 Å². The summed E-state index contributed by atoms with van der Waals surface area (Å²) in [6.07, 6.45) is 5.62. The van der Waals surface area contributed by atoms with Crippen LogP contribution in [-0.2, 0) is 0 Å². The van der Waals surface area contributed by atoms with Crippen LogP contribution in [0.5, 0.6) is 0 Å². The molecule has 16 heavy (non-hydrogen) atoms. The van der Waals surface area contributed by atoms with E-state index in [1.807, 2.05) is 0 Å². The molecule has 0 atom stereocenters. The molecule has 3 heteroatoms. The zero-order valence-electron chi connectivity index (χ0n) is 10.8. The Bertz CT molecular complexity index is 214. The first kappa shape index (κ1) is 13.5. The quantitative estimate of drug-likeness (QED) is 0.645. The maximum atomic E-state index is 8.45. The van der Waals surface area contributed by atoms with E-state index in [0.717, 1.165) is 25.3 Å². The van der Waals surface area contributed by atoms with Gasteiger partial charge < -0.3 is 9.80 Å². The first-order valence-corrected chi connectivity index (χ1v) is 6.46. The van der Waals surface area contributed by atoms with Crippen molar-refractivity contribution in [2.24, 2.45) is 5.92 Å². The molecule has 0 aromatic carbocycles. The van der Waals surface area contributed by atoms with Crippen molar-refractivity contribution < 1.29 is 0 Å². The van der Waals surface area contributed by atoms with Crippen LogP contribution in [0, 0.1) is 17.2 Å². The van der Waals surface area contributed by atoms with Crippen molar-refractivity contribution >= 4 is 0 Å². The number of nitrogens with zero attached hydrogens (tertiary/aromatic N) is 3. The molecule has 0 aromatic rings. The van der Waals surface area contributed by atoms with E-state index in [4.69, 9.17) is 5.26 Å². The summed E-state index contributed by atoms with van der Waals surface area (Å²) in [5, 5.41) is 8.45. The predicted molar refractivity (Wildman–Crippen MR) is 67.2 cm³/mol. The summed E-state index contributed by atoms with van der Waals surface area (Å²) < 4.78 is 0. The maximum Gasteiger partial charge on any atom is 0.0621 e. The van der Waals surface area contributed by atoms with Gasteiger partial charge in [-0.25, -0.2) is 0 Å². The Morgan fingerprint density at radius 3 is 2.62 bits per heavy atom. The van der Waals surface area contributed by atoms with E-state index in [1.165, 1.54) is 32.5 Å². The van der Waals surface area contributed by atoms with Crippen molar-refractivity contribution in [3.8, 4) is 6.07 Å². The first-order chi connectivity index (χ1) is 7.72. The fourth-order valence-electron chi connectivity index (χ4n) is 2.36. The zero-order valence-corrected chi connectivity index (χ0v) is 10.8. The molecule has 1 aliphatic rings. The predicted octanol–water partition coefficient (Wildman–Crippen LogP) is 1.95. The third-order valence-corrected chi connectivity index (χ3v) is 3.49. The fourth-order valence-corrected chi connectivity index (χ4v) is 2.36. The summed E-state index contributed by atoms with van der Waals surface area (Å²) in [7, 11) is 4.42. The van der Waals surface area contributed by atoms with E-state index < -0.39 is 0 Å². The molecule has 92 valence electrons. The molecule has 1 aliphatic heterocycles. The highest BCUT2D eigenvalue weighted by Crippen LogP contribution is 2.16. The lowest BCUT2D eigenvalue weighted by Crippen LogP contribution is -2.36. The van der Waals surface area contributed by atoms with Crippen LogP contribution in [0.25, 0.3) is 0 Å². The SMILES string of the molecule is CN1CCC(CN(C)CCCCC#N)CC1. The Kier molecular flexibility index (Phi) is 6.44. The highest BCUT2D eigenvalue weighted by atomic mass is 15.1. The van der Waals surface area contributed by atoms with Gasteiger partial charge in [0.15, 0.2) is 0 Å². The van der Waals surface area contributed by atoms with Gasteiger partial charge in [0.1, 0.15) is 0 Å². The second-order valence-electron chi connectivity index (χ2n) is 5.12. The van der Waals surface area contributed by atoms with Gasteiger partial charge in [-0.3, -0.25) is 0 Å². The Morgan fingerprint density at radius 1 is 1.31 bits per heavy atom. The van der Waals surface area contributed by atoms with Crippen molar-refractivity contribution in [2.45, 2.75) is 32.1 Å². The standard InChI is InChI=1S/C13H25N3/c1-15-10-6-13(7-11-15)12-16(2)9-5-3-4-8-14/h13H,3-7,9-12H2,1-2H3. The van der Waals surface area contributed by atoms with Gasteiger partial charge in [0, 0.05) is 13.0 Å². The highest BCUT2D eigenvalue weighted by Gasteiger charge is 2.17. The van der Waals surface area contributed by atoms with Crippen LogP contribution < -0.4 is 0 Å². The summed E-state index contributed by atoms with van der Waals surface area (Å²) in [5.74, 6) is 0.886. The minimum absolute atomic E-state index is 0.710. The molecule has 0 aromatic heterocycles. The molecule has 0 spiro atoms. The highest BCUT2D eigenvalue weighted by molar-refractivity contribution is 4.73. The summed E-state index contributed by atoms with van der Waals surface area (Å²) >= 11 is 0. The number of piperidine rings is 1. The largest absolute Gasteiger partial charge is 0.306 e. The van der Waals surface area contributed by atoms with Gasteiger partial charge in [0.25, 0.3) is 0 Å². The number of likely N-dealkylation sites (tertiary alicyclic amines) is 1. The average molecular weight is 223 g/mol. The van der Waals surface area contributed by atoms with Crippen molar-refractivity contribution in [1.29, 1.82) is 5.26 Å². The molecule has 0 unspecified atom stereocenters. The second-order valence-corrected chi connectivity index (χ2v) is 5.12. The molecule has 0 N–H and O–H groups in total. The van der Waals surface area contributed by atoms with E-state index in [0.29, 0.717) is 6.42 Å². The van der Waals surface area contributed by atoms with Crippen LogP contribution in [0.3, 0.4) is 0 Å². The molecule has 1 heterocycles. The number of rotatable bonds is 6. The fraction of sp³-hybridized carbons (Fsp3) is 0.923. The summed E-state index contributed by atoms with van der Waals surface area (Å²) in [5.41, 5.74) is 0. The van der Waals surface area contributed by atoms with Crippen LogP contribution in [0.4, 0.5) is 0 Å². The van der Waals surface area contributed by atoms with Crippen molar-refractivity contribution in [1.82, 2.24) is 9.80 Å². The Balaban J connectivity index is 2.05. The minimum Gasteiger partial charge on any atom is -0.306 e. The van der Waals surface area contributed by atoms with Crippen LogP contribution >= 0.6 is 0 Å². The zero-order chi connectivity index (χ0) is 11.8.